The Bertz CT molecular complexity index is 455. The van der Waals surface area contributed by atoms with Crippen LogP contribution < -0.4 is 0 Å². The lowest BCUT2D eigenvalue weighted by Crippen LogP contribution is -2.47. The fraction of sp³-hybridized carbons (Fsp3) is 0.600. The Kier molecular flexibility index (Phi) is 5.57. The monoisotopic (exact) mass is 343 g/mol. The highest BCUT2D eigenvalue weighted by Crippen LogP contribution is 2.21. The van der Waals surface area contributed by atoms with Gasteiger partial charge in [0.15, 0.2) is 0 Å². The Morgan fingerprint density at radius 3 is 2.80 bits per heavy atom. The van der Waals surface area contributed by atoms with E-state index in [-0.39, 0.29) is 12.5 Å². The second-order valence-electron chi connectivity index (χ2n) is 5.65. The highest BCUT2D eigenvalue weighted by molar-refractivity contribution is 9.10. The van der Waals surface area contributed by atoms with Crippen LogP contribution in [0.4, 0.5) is 0 Å². The van der Waals surface area contributed by atoms with E-state index < -0.39 is 12.2 Å². The van der Waals surface area contributed by atoms with E-state index in [0.29, 0.717) is 13.2 Å². The molecule has 0 aromatic heterocycles. The fourth-order valence-electron chi connectivity index (χ4n) is 2.55. The number of hydrogen-bond donors (Lipinski definition) is 2. The number of rotatable bonds is 4. The maximum Gasteiger partial charge on any atom is 0.104 e. The van der Waals surface area contributed by atoms with Gasteiger partial charge in [0.25, 0.3) is 0 Å². The van der Waals surface area contributed by atoms with Crippen LogP contribution in [0.1, 0.15) is 11.1 Å². The first-order valence-corrected chi connectivity index (χ1v) is 7.64. The van der Waals surface area contributed by atoms with Gasteiger partial charge in [-0.15, -0.1) is 0 Å². The molecule has 0 spiro atoms. The predicted octanol–water partition coefficient (Wildman–Crippen LogP) is 1.56. The van der Waals surface area contributed by atoms with E-state index in [1.54, 1.807) is 0 Å². The van der Waals surface area contributed by atoms with Gasteiger partial charge in [0.1, 0.15) is 6.10 Å². The van der Waals surface area contributed by atoms with E-state index in [1.807, 2.05) is 7.05 Å². The van der Waals surface area contributed by atoms with E-state index in [1.165, 1.54) is 11.1 Å². The fourth-order valence-corrected chi connectivity index (χ4v) is 3.17. The number of ether oxygens (including phenoxy) is 1. The van der Waals surface area contributed by atoms with Gasteiger partial charge < -0.3 is 19.8 Å². The lowest BCUT2D eigenvalue weighted by Gasteiger charge is -2.34. The molecule has 0 amide bonds. The van der Waals surface area contributed by atoms with Crippen molar-refractivity contribution in [1.29, 1.82) is 0 Å². The maximum atomic E-state index is 9.98. The topological polar surface area (TPSA) is 52.9 Å². The van der Waals surface area contributed by atoms with Gasteiger partial charge in [-0.25, -0.2) is 0 Å². The van der Waals surface area contributed by atoms with Crippen molar-refractivity contribution in [3.63, 3.8) is 0 Å². The minimum atomic E-state index is -0.770. The molecule has 1 aromatic rings. The minimum absolute atomic E-state index is 0.0482. The van der Waals surface area contributed by atoms with E-state index in [9.17, 15) is 10.2 Å². The molecule has 3 atom stereocenters. The van der Waals surface area contributed by atoms with Crippen LogP contribution in [0.5, 0.6) is 0 Å². The summed E-state index contributed by atoms with van der Waals surface area (Å²) in [4.78, 5) is 2.14. The summed E-state index contributed by atoms with van der Waals surface area (Å²) in [6, 6.07) is 6.31. The van der Waals surface area contributed by atoms with Gasteiger partial charge in [-0.2, -0.15) is 0 Å². The average molecular weight is 344 g/mol. The van der Waals surface area contributed by atoms with Gasteiger partial charge in [-0.05, 0) is 31.2 Å². The maximum absolute atomic E-state index is 9.98. The lowest BCUT2D eigenvalue weighted by molar-refractivity contribution is -0.125. The molecule has 4 nitrogen and oxygen atoms in total. The molecule has 2 rings (SSSR count). The van der Waals surface area contributed by atoms with Crippen LogP contribution in [0.2, 0.25) is 0 Å². The Morgan fingerprint density at radius 1 is 1.35 bits per heavy atom. The van der Waals surface area contributed by atoms with Crippen LogP contribution in [-0.2, 0) is 11.3 Å². The van der Waals surface area contributed by atoms with Gasteiger partial charge in [0.2, 0.25) is 0 Å². The Morgan fingerprint density at radius 2 is 2.10 bits per heavy atom. The third kappa shape index (κ3) is 4.02. The number of aliphatic hydroxyl groups is 2. The first-order chi connectivity index (χ1) is 9.47. The molecule has 0 aliphatic carbocycles. The summed E-state index contributed by atoms with van der Waals surface area (Å²) in [5, 5.41) is 19.6. The number of hydrogen-bond acceptors (Lipinski definition) is 4. The van der Waals surface area contributed by atoms with Crippen LogP contribution in [0, 0.1) is 12.8 Å². The third-order valence-corrected chi connectivity index (χ3v) is 4.43. The molecule has 1 aliphatic rings. The van der Waals surface area contributed by atoms with Crippen molar-refractivity contribution in [3.8, 4) is 0 Å². The number of aliphatic hydroxyl groups excluding tert-OH is 2. The number of aryl methyl sites for hydroxylation is 1. The molecule has 1 aromatic carbocycles. The summed E-state index contributed by atoms with van der Waals surface area (Å²) < 4.78 is 6.41. The average Bonchev–Trinajstić information content (AvgIpc) is 2.38. The Balaban J connectivity index is 1.93. The molecule has 112 valence electrons. The largest absolute Gasteiger partial charge is 0.390 e. The summed E-state index contributed by atoms with van der Waals surface area (Å²) in [6.07, 6.45) is -1.47. The van der Waals surface area contributed by atoms with Crippen molar-refractivity contribution in [2.24, 2.45) is 5.92 Å². The second kappa shape index (κ2) is 7.00. The Hall–Kier alpha value is -0.460. The van der Waals surface area contributed by atoms with Crippen molar-refractivity contribution < 1.29 is 14.9 Å². The van der Waals surface area contributed by atoms with Crippen LogP contribution in [0.25, 0.3) is 0 Å². The van der Waals surface area contributed by atoms with Crippen LogP contribution >= 0.6 is 15.9 Å². The molecular weight excluding hydrogens is 322 g/mol. The number of benzene rings is 1. The first kappa shape index (κ1) is 15.9. The first-order valence-electron chi connectivity index (χ1n) is 6.85. The van der Waals surface area contributed by atoms with Crippen molar-refractivity contribution in [1.82, 2.24) is 4.90 Å². The summed E-state index contributed by atoms with van der Waals surface area (Å²) in [5.74, 6) is -0.0482. The van der Waals surface area contributed by atoms with Crippen LogP contribution in [-0.4, -0.2) is 54.1 Å². The zero-order valence-electron chi connectivity index (χ0n) is 11.9. The molecule has 1 fully saturated rings. The normalized spacial score (nSPS) is 27.0. The molecule has 5 heteroatoms. The zero-order valence-corrected chi connectivity index (χ0v) is 13.5. The Labute approximate surface area is 128 Å². The number of halogens is 1. The van der Waals surface area contributed by atoms with E-state index in [0.717, 1.165) is 11.0 Å². The summed E-state index contributed by atoms with van der Waals surface area (Å²) in [6.45, 7) is 4.27. The second-order valence-corrected chi connectivity index (χ2v) is 6.50. The van der Waals surface area contributed by atoms with E-state index in [4.69, 9.17) is 4.74 Å². The van der Waals surface area contributed by atoms with Crippen molar-refractivity contribution in [2.45, 2.75) is 25.7 Å². The molecule has 2 N–H and O–H groups in total. The molecule has 1 heterocycles. The van der Waals surface area contributed by atoms with Gasteiger partial charge in [0.05, 0.1) is 19.3 Å². The molecule has 0 bridgehead atoms. The van der Waals surface area contributed by atoms with Crippen LogP contribution in [0.15, 0.2) is 22.7 Å². The molecule has 1 aliphatic heterocycles. The number of nitrogens with zero attached hydrogens (tertiary/aromatic N) is 1. The van der Waals surface area contributed by atoms with Crippen molar-refractivity contribution in [3.05, 3.63) is 33.8 Å². The van der Waals surface area contributed by atoms with E-state index in [2.05, 4.69) is 46.0 Å². The molecular formula is C15H22BrNO3. The summed E-state index contributed by atoms with van der Waals surface area (Å²) >= 11 is 3.58. The quantitative estimate of drug-likeness (QED) is 0.871. The molecule has 20 heavy (non-hydrogen) atoms. The molecule has 1 saturated heterocycles. The standard InChI is InChI=1S/C15H22BrNO3/c1-10-3-4-11(13(16)5-10)6-17(2)7-12-8-20-9-14(18)15(12)19/h3-5,12,14-15,18-19H,6-9H2,1-2H3/t12-,14-,15+/m1/s1. The van der Waals surface area contributed by atoms with Gasteiger partial charge in [-0.1, -0.05) is 28.1 Å². The zero-order chi connectivity index (χ0) is 14.7. The van der Waals surface area contributed by atoms with E-state index >= 15 is 0 Å². The van der Waals surface area contributed by atoms with Crippen LogP contribution in [0.3, 0.4) is 0 Å². The highest BCUT2D eigenvalue weighted by atomic mass is 79.9. The SMILES string of the molecule is Cc1ccc(CN(C)C[C@@H]2COC[C@@H](O)[C@H]2O)c(Br)c1. The highest BCUT2D eigenvalue weighted by Gasteiger charge is 2.31. The molecule has 0 radical (unpaired) electrons. The van der Waals surface area contributed by atoms with Crippen molar-refractivity contribution in [2.75, 3.05) is 26.8 Å². The van der Waals surface area contributed by atoms with Gasteiger partial charge >= 0.3 is 0 Å². The third-order valence-electron chi connectivity index (χ3n) is 3.69. The van der Waals surface area contributed by atoms with Crippen molar-refractivity contribution >= 4 is 15.9 Å². The lowest BCUT2D eigenvalue weighted by atomic mass is 9.96. The molecule has 0 saturated carbocycles. The van der Waals surface area contributed by atoms with Gasteiger partial charge in [0, 0.05) is 23.5 Å². The smallest absolute Gasteiger partial charge is 0.104 e. The summed E-state index contributed by atoms with van der Waals surface area (Å²) in [5.41, 5.74) is 2.44. The van der Waals surface area contributed by atoms with Gasteiger partial charge in [-0.3, -0.25) is 0 Å². The molecule has 0 unspecified atom stereocenters. The summed E-state index contributed by atoms with van der Waals surface area (Å²) in [7, 11) is 2.01. The predicted molar refractivity (Wildman–Crippen MR) is 81.5 cm³/mol. The minimum Gasteiger partial charge on any atom is -0.390 e.